The third kappa shape index (κ3) is 5.19. The molecule has 2 heterocycles. The third-order valence-corrected chi connectivity index (χ3v) is 7.94. The minimum absolute atomic E-state index is 0.142. The Morgan fingerprint density at radius 2 is 1.85 bits per heavy atom. The topological polar surface area (TPSA) is 132 Å². The summed E-state index contributed by atoms with van der Waals surface area (Å²) in [5, 5.41) is 17.9. The fourth-order valence-corrected chi connectivity index (χ4v) is 6.09. The van der Waals surface area contributed by atoms with Gasteiger partial charge in [-0.05, 0) is 67.7 Å². The fraction of sp³-hybridized carbons (Fsp3) is 0.200. The number of hydrogen-bond acceptors (Lipinski definition) is 7. The molecular formula is C30H27N5O4S. The number of carbonyl (C=O) groups excluding carboxylic acids is 2. The van der Waals surface area contributed by atoms with Gasteiger partial charge in [0.05, 0.1) is 25.5 Å². The van der Waals surface area contributed by atoms with Gasteiger partial charge in [-0.25, -0.2) is 4.68 Å². The van der Waals surface area contributed by atoms with Crippen molar-refractivity contribution in [3.05, 3.63) is 81.9 Å². The number of aromatic nitrogens is 2. The SMILES string of the molecule is COc1ccc(-c2nn(-c3ccccc3)cc2/C=C(\C#N)C(=O)Nc2sc3c(c2C(N)=O)CCCC3)cc1OC. The number of nitriles is 1. The predicted molar refractivity (Wildman–Crippen MR) is 154 cm³/mol. The van der Waals surface area contributed by atoms with E-state index in [1.807, 2.05) is 42.5 Å². The lowest BCUT2D eigenvalue weighted by atomic mass is 9.95. The lowest BCUT2D eigenvalue weighted by Gasteiger charge is -2.11. The molecule has 0 unspecified atom stereocenters. The summed E-state index contributed by atoms with van der Waals surface area (Å²) in [5.74, 6) is -0.138. The van der Waals surface area contributed by atoms with Gasteiger partial charge in [-0.15, -0.1) is 11.3 Å². The van der Waals surface area contributed by atoms with Crippen molar-refractivity contribution in [3.63, 3.8) is 0 Å². The van der Waals surface area contributed by atoms with Crippen molar-refractivity contribution in [3.8, 4) is 34.5 Å². The number of amides is 2. The van der Waals surface area contributed by atoms with Gasteiger partial charge in [0.15, 0.2) is 11.5 Å². The van der Waals surface area contributed by atoms with E-state index in [1.54, 1.807) is 37.2 Å². The molecule has 10 heteroatoms. The van der Waals surface area contributed by atoms with E-state index >= 15 is 0 Å². The second-order valence-electron chi connectivity index (χ2n) is 9.19. The molecule has 0 fully saturated rings. The number of primary amides is 1. The molecule has 5 rings (SSSR count). The Balaban J connectivity index is 1.56. The highest BCUT2D eigenvalue weighted by atomic mass is 32.1. The number of nitrogens with zero attached hydrogens (tertiary/aromatic N) is 3. The Hall–Kier alpha value is -4.88. The zero-order valence-electron chi connectivity index (χ0n) is 22.1. The van der Waals surface area contributed by atoms with E-state index in [0.717, 1.165) is 41.8 Å². The second kappa shape index (κ2) is 11.5. The molecule has 1 aliphatic rings. The van der Waals surface area contributed by atoms with Crippen LogP contribution in [0.15, 0.2) is 60.3 Å². The number of rotatable bonds is 8. The standard InChI is InChI=1S/C30H27N5O4S/c1-38-23-13-12-18(15-24(23)39-2)27-20(17-35(34-27)21-8-4-3-5-9-21)14-19(16-31)29(37)33-30-26(28(32)36)22-10-6-7-11-25(22)40-30/h3-5,8-9,12-15,17H,6-7,10-11H2,1-2H3,(H2,32,36)(H,33,37)/b19-14+. The van der Waals surface area contributed by atoms with Gasteiger partial charge in [0, 0.05) is 22.2 Å². The van der Waals surface area contributed by atoms with Gasteiger partial charge in [0.1, 0.15) is 22.3 Å². The van der Waals surface area contributed by atoms with Gasteiger partial charge in [-0.2, -0.15) is 10.4 Å². The summed E-state index contributed by atoms with van der Waals surface area (Å²) in [6.45, 7) is 0. The van der Waals surface area contributed by atoms with Crippen molar-refractivity contribution >= 4 is 34.2 Å². The van der Waals surface area contributed by atoms with Gasteiger partial charge in [-0.1, -0.05) is 18.2 Å². The summed E-state index contributed by atoms with van der Waals surface area (Å²) in [4.78, 5) is 26.7. The predicted octanol–water partition coefficient (Wildman–Crippen LogP) is 5.14. The number of hydrogen-bond donors (Lipinski definition) is 2. The van der Waals surface area contributed by atoms with Gasteiger partial charge >= 0.3 is 0 Å². The largest absolute Gasteiger partial charge is 0.493 e. The van der Waals surface area contributed by atoms with Crippen LogP contribution in [0.25, 0.3) is 23.0 Å². The molecule has 0 atom stereocenters. The van der Waals surface area contributed by atoms with Gasteiger partial charge in [-0.3, -0.25) is 9.59 Å². The molecule has 0 saturated heterocycles. The van der Waals surface area contributed by atoms with Crippen molar-refractivity contribution in [1.82, 2.24) is 9.78 Å². The molecule has 3 N–H and O–H groups in total. The molecule has 0 radical (unpaired) electrons. The van der Waals surface area contributed by atoms with Crippen LogP contribution in [0.1, 0.15) is 39.2 Å². The number of aryl methyl sites for hydroxylation is 1. The first-order valence-electron chi connectivity index (χ1n) is 12.7. The maximum Gasteiger partial charge on any atom is 0.266 e. The highest BCUT2D eigenvalue weighted by Gasteiger charge is 2.26. The molecule has 202 valence electrons. The number of methoxy groups -OCH3 is 2. The lowest BCUT2D eigenvalue weighted by Crippen LogP contribution is -2.19. The molecule has 1 aliphatic carbocycles. The summed E-state index contributed by atoms with van der Waals surface area (Å²) in [6, 6.07) is 16.9. The number of benzene rings is 2. The molecule has 0 spiro atoms. The summed E-state index contributed by atoms with van der Waals surface area (Å²) < 4.78 is 12.5. The number of nitrogens with one attached hydrogen (secondary N) is 1. The maximum atomic E-state index is 13.3. The highest BCUT2D eigenvalue weighted by molar-refractivity contribution is 7.17. The Morgan fingerprint density at radius 1 is 1.10 bits per heavy atom. The molecule has 0 aliphatic heterocycles. The molecule has 0 bridgehead atoms. The van der Waals surface area contributed by atoms with Crippen LogP contribution < -0.4 is 20.5 Å². The van der Waals surface area contributed by atoms with E-state index in [4.69, 9.17) is 20.3 Å². The summed E-state index contributed by atoms with van der Waals surface area (Å²) in [5.41, 5.74) is 9.38. The maximum absolute atomic E-state index is 13.3. The van der Waals surface area contributed by atoms with E-state index in [-0.39, 0.29) is 5.57 Å². The minimum atomic E-state index is -0.630. The Morgan fingerprint density at radius 3 is 2.55 bits per heavy atom. The Bertz CT molecular complexity index is 1660. The number of anilines is 1. The fourth-order valence-electron chi connectivity index (χ4n) is 4.80. The van der Waals surface area contributed by atoms with E-state index in [2.05, 4.69) is 5.32 Å². The molecule has 2 aromatic carbocycles. The quantitative estimate of drug-likeness (QED) is 0.229. The molecular weight excluding hydrogens is 526 g/mol. The normalized spacial score (nSPS) is 12.8. The minimum Gasteiger partial charge on any atom is -0.493 e. The first kappa shape index (κ1) is 26.7. The molecule has 0 saturated carbocycles. The zero-order chi connectivity index (χ0) is 28.2. The monoisotopic (exact) mass is 553 g/mol. The molecule has 2 aromatic heterocycles. The molecule has 9 nitrogen and oxygen atoms in total. The van der Waals surface area contributed by atoms with Crippen molar-refractivity contribution in [1.29, 1.82) is 5.26 Å². The van der Waals surface area contributed by atoms with Gasteiger partial charge in [0.25, 0.3) is 11.8 Å². The van der Waals surface area contributed by atoms with Crippen molar-refractivity contribution in [2.75, 3.05) is 19.5 Å². The Labute approximate surface area is 235 Å². The highest BCUT2D eigenvalue weighted by Crippen LogP contribution is 2.38. The summed E-state index contributed by atoms with van der Waals surface area (Å²) >= 11 is 1.35. The molecule has 40 heavy (non-hydrogen) atoms. The summed E-state index contributed by atoms with van der Waals surface area (Å²) in [7, 11) is 3.10. The van der Waals surface area contributed by atoms with Crippen LogP contribution in [0.2, 0.25) is 0 Å². The van der Waals surface area contributed by atoms with E-state index in [1.165, 1.54) is 17.4 Å². The first-order valence-corrected chi connectivity index (χ1v) is 13.5. The van der Waals surface area contributed by atoms with Crippen molar-refractivity contribution in [2.24, 2.45) is 5.73 Å². The number of carbonyl (C=O) groups is 2. The van der Waals surface area contributed by atoms with Gasteiger partial charge in [0.2, 0.25) is 0 Å². The average molecular weight is 554 g/mol. The van der Waals surface area contributed by atoms with Crippen molar-refractivity contribution in [2.45, 2.75) is 25.7 Å². The number of nitrogens with two attached hydrogens (primary N) is 1. The molecule has 4 aromatic rings. The lowest BCUT2D eigenvalue weighted by molar-refractivity contribution is -0.112. The average Bonchev–Trinajstić information content (AvgIpc) is 3.57. The van der Waals surface area contributed by atoms with Crippen LogP contribution in [0.3, 0.4) is 0 Å². The smallest absolute Gasteiger partial charge is 0.266 e. The Kier molecular flexibility index (Phi) is 7.66. The third-order valence-electron chi connectivity index (χ3n) is 6.73. The number of para-hydroxylation sites is 1. The van der Waals surface area contributed by atoms with E-state index in [9.17, 15) is 14.9 Å². The zero-order valence-corrected chi connectivity index (χ0v) is 22.9. The molecule has 2 amide bonds. The number of thiophene rings is 1. The number of ether oxygens (including phenoxy) is 2. The van der Waals surface area contributed by atoms with Crippen molar-refractivity contribution < 1.29 is 19.1 Å². The van der Waals surface area contributed by atoms with Crippen LogP contribution in [0.4, 0.5) is 5.00 Å². The van der Waals surface area contributed by atoms with Crippen LogP contribution >= 0.6 is 11.3 Å². The second-order valence-corrected chi connectivity index (χ2v) is 10.3. The first-order chi connectivity index (χ1) is 19.4. The van der Waals surface area contributed by atoms with Crippen LogP contribution in [-0.2, 0) is 17.6 Å². The van der Waals surface area contributed by atoms with E-state index < -0.39 is 11.8 Å². The van der Waals surface area contributed by atoms with Gasteiger partial charge < -0.3 is 20.5 Å². The number of fused-ring (bicyclic) bond motifs is 1. The summed E-state index contributed by atoms with van der Waals surface area (Å²) in [6.07, 6.45) is 6.81. The van der Waals surface area contributed by atoms with E-state index in [0.29, 0.717) is 38.9 Å². The van der Waals surface area contributed by atoms with Crippen LogP contribution in [-0.4, -0.2) is 35.8 Å². The van der Waals surface area contributed by atoms with Crippen LogP contribution in [0, 0.1) is 11.3 Å². The van der Waals surface area contributed by atoms with Crippen LogP contribution in [0.5, 0.6) is 11.5 Å².